The monoisotopic (exact) mass is 254 g/mol. The number of rotatable bonds is 2. The molecule has 1 rings (SSSR count). The van der Waals surface area contributed by atoms with E-state index in [0.29, 0.717) is 0 Å². The van der Waals surface area contributed by atoms with Crippen molar-refractivity contribution in [3.8, 4) is 0 Å². The lowest BCUT2D eigenvalue weighted by Crippen LogP contribution is -2.29. The van der Waals surface area contributed by atoms with Gasteiger partial charge in [-0.25, -0.2) is 14.2 Å². The maximum atomic E-state index is 11.9. The second kappa shape index (κ2) is 5.12. The average molecular weight is 254 g/mol. The largest absolute Gasteiger partial charge is 0.461 e. The van der Waals surface area contributed by atoms with Crippen LogP contribution in [0.5, 0.6) is 0 Å². The van der Waals surface area contributed by atoms with E-state index in [4.69, 9.17) is 15.2 Å². The number of nitrogens with zero attached hydrogens (tertiary/aromatic N) is 1. The number of ether oxygens (including phenoxy) is 2. The molecule has 18 heavy (non-hydrogen) atoms. The molecule has 6 heteroatoms. The summed E-state index contributed by atoms with van der Waals surface area (Å²) in [6.07, 6.45) is 0.720. The normalized spacial score (nSPS) is 11.1. The van der Waals surface area contributed by atoms with Crippen molar-refractivity contribution < 1.29 is 19.1 Å². The van der Waals surface area contributed by atoms with E-state index in [0.717, 1.165) is 4.57 Å². The van der Waals surface area contributed by atoms with Gasteiger partial charge in [0.1, 0.15) is 5.60 Å². The summed E-state index contributed by atoms with van der Waals surface area (Å²) in [6.45, 7) is 7.10. The van der Waals surface area contributed by atoms with Gasteiger partial charge >= 0.3 is 12.1 Å². The van der Waals surface area contributed by atoms with Crippen LogP contribution >= 0.6 is 0 Å². The molecule has 0 saturated carbocycles. The second-order valence-corrected chi connectivity index (χ2v) is 4.69. The van der Waals surface area contributed by atoms with E-state index >= 15 is 0 Å². The molecule has 0 saturated heterocycles. The first-order valence-corrected chi connectivity index (χ1v) is 5.63. The third-order valence-corrected chi connectivity index (χ3v) is 1.98. The van der Waals surface area contributed by atoms with Gasteiger partial charge in [-0.1, -0.05) is 0 Å². The number of hydrogen-bond donors (Lipinski definition) is 1. The van der Waals surface area contributed by atoms with Crippen molar-refractivity contribution in [1.29, 1.82) is 0 Å². The van der Waals surface area contributed by atoms with Crippen molar-refractivity contribution in [2.75, 3.05) is 12.3 Å². The maximum Gasteiger partial charge on any atom is 0.419 e. The molecule has 0 bridgehead atoms. The molecular weight excluding hydrogens is 236 g/mol. The molecule has 0 amide bonds. The van der Waals surface area contributed by atoms with Crippen molar-refractivity contribution in [1.82, 2.24) is 4.57 Å². The van der Waals surface area contributed by atoms with Crippen LogP contribution < -0.4 is 5.73 Å². The molecule has 0 spiro atoms. The SMILES string of the molecule is CCOC(=O)c1c(N)ccn1C(=O)OC(C)(C)C. The zero-order chi connectivity index (χ0) is 13.9. The van der Waals surface area contributed by atoms with Crippen LogP contribution in [0.1, 0.15) is 38.2 Å². The molecule has 0 aliphatic heterocycles. The lowest BCUT2D eigenvalue weighted by Gasteiger charge is -2.20. The summed E-state index contributed by atoms with van der Waals surface area (Å²) in [5.74, 6) is -0.647. The third kappa shape index (κ3) is 3.26. The lowest BCUT2D eigenvalue weighted by atomic mass is 10.2. The molecule has 2 N–H and O–H groups in total. The van der Waals surface area contributed by atoms with Crippen LogP contribution in [0.15, 0.2) is 12.3 Å². The van der Waals surface area contributed by atoms with Gasteiger partial charge in [-0.3, -0.25) is 0 Å². The Bertz CT molecular complexity index is 457. The highest BCUT2D eigenvalue weighted by Crippen LogP contribution is 2.17. The minimum atomic E-state index is -0.665. The Balaban J connectivity index is 3.04. The molecule has 6 nitrogen and oxygen atoms in total. The van der Waals surface area contributed by atoms with Crippen molar-refractivity contribution in [2.45, 2.75) is 33.3 Å². The molecule has 0 aliphatic rings. The summed E-state index contributed by atoms with van der Waals surface area (Å²) in [5.41, 5.74) is 5.17. The van der Waals surface area contributed by atoms with Gasteiger partial charge in [0.25, 0.3) is 0 Å². The topological polar surface area (TPSA) is 83.5 Å². The first-order valence-electron chi connectivity index (χ1n) is 5.63. The van der Waals surface area contributed by atoms with E-state index in [2.05, 4.69) is 0 Å². The number of nitrogens with two attached hydrogens (primary N) is 1. The smallest absolute Gasteiger partial charge is 0.419 e. The highest BCUT2D eigenvalue weighted by molar-refractivity contribution is 5.97. The van der Waals surface area contributed by atoms with Gasteiger partial charge in [-0.15, -0.1) is 0 Å². The number of carbonyl (C=O) groups excluding carboxylic acids is 2. The number of aromatic nitrogens is 1. The lowest BCUT2D eigenvalue weighted by molar-refractivity contribution is 0.0450. The minimum Gasteiger partial charge on any atom is -0.461 e. The quantitative estimate of drug-likeness (QED) is 0.816. The number of hydrogen-bond acceptors (Lipinski definition) is 5. The Hall–Kier alpha value is -1.98. The van der Waals surface area contributed by atoms with Gasteiger partial charge in [0.15, 0.2) is 5.69 Å². The number of anilines is 1. The highest BCUT2D eigenvalue weighted by atomic mass is 16.6. The van der Waals surface area contributed by atoms with Crippen LogP contribution in [0.25, 0.3) is 0 Å². The Morgan fingerprint density at radius 1 is 1.39 bits per heavy atom. The standard InChI is InChI=1S/C12H18N2O4/c1-5-17-10(15)9-8(13)6-7-14(9)11(16)18-12(2,3)4/h6-7H,5,13H2,1-4H3. The fourth-order valence-electron chi connectivity index (χ4n) is 1.33. The van der Waals surface area contributed by atoms with Crippen LogP contribution in [0.2, 0.25) is 0 Å². The summed E-state index contributed by atoms with van der Waals surface area (Å²) in [6, 6.07) is 1.45. The summed E-state index contributed by atoms with van der Waals surface area (Å²) in [7, 11) is 0. The zero-order valence-corrected chi connectivity index (χ0v) is 11.0. The Morgan fingerprint density at radius 2 is 2.00 bits per heavy atom. The zero-order valence-electron chi connectivity index (χ0n) is 11.0. The molecule has 0 aliphatic carbocycles. The Morgan fingerprint density at radius 3 is 2.50 bits per heavy atom. The van der Waals surface area contributed by atoms with Gasteiger partial charge in [0.05, 0.1) is 12.3 Å². The van der Waals surface area contributed by atoms with Crippen LogP contribution in [-0.4, -0.2) is 28.8 Å². The maximum absolute atomic E-state index is 11.9. The predicted octanol–water partition coefficient (Wildman–Crippen LogP) is 2.03. The number of carbonyl (C=O) groups is 2. The van der Waals surface area contributed by atoms with E-state index in [1.54, 1.807) is 27.7 Å². The summed E-state index contributed by atoms with van der Waals surface area (Å²) < 4.78 is 11.1. The van der Waals surface area contributed by atoms with Gasteiger partial charge < -0.3 is 15.2 Å². The van der Waals surface area contributed by atoms with Crippen LogP contribution in [0, 0.1) is 0 Å². The van der Waals surface area contributed by atoms with Crippen molar-refractivity contribution in [3.05, 3.63) is 18.0 Å². The van der Waals surface area contributed by atoms with Crippen molar-refractivity contribution >= 4 is 17.7 Å². The molecule has 1 heterocycles. The molecular formula is C12H18N2O4. The van der Waals surface area contributed by atoms with Crippen molar-refractivity contribution in [3.63, 3.8) is 0 Å². The van der Waals surface area contributed by atoms with E-state index < -0.39 is 17.7 Å². The average Bonchev–Trinajstić information content (AvgIpc) is 2.58. The van der Waals surface area contributed by atoms with Gasteiger partial charge in [-0.2, -0.15) is 0 Å². The molecule has 0 fully saturated rings. The molecule has 1 aromatic heterocycles. The Labute approximate surface area is 106 Å². The van der Waals surface area contributed by atoms with E-state index in [9.17, 15) is 9.59 Å². The second-order valence-electron chi connectivity index (χ2n) is 4.69. The molecule has 0 atom stereocenters. The highest BCUT2D eigenvalue weighted by Gasteiger charge is 2.24. The molecule has 100 valence electrons. The molecule has 0 unspecified atom stereocenters. The first kappa shape index (κ1) is 14.1. The van der Waals surface area contributed by atoms with Crippen LogP contribution in [0.4, 0.5) is 10.5 Å². The van der Waals surface area contributed by atoms with Gasteiger partial charge in [-0.05, 0) is 33.8 Å². The molecule has 1 aromatic rings. The summed E-state index contributed by atoms with van der Waals surface area (Å²) >= 11 is 0. The van der Waals surface area contributed by atoms with E-state index in [1.165, 1.54) is 12.3 Å². The minimum absolute atomic E-state index is 0.00824. The number of nitrogen functional groups attached to an aromatic ring is 1. The van der Waals surface area contributed by atoms with E-state index in [-0.39, 0.29) is 18.0 Å². The van der Waals surface area contributed by atoms with E-state index in [1.807, 2.05) is 0 Å². The van der Waals surface area contributed by atoms with Crippen LogP contribution in [0.3, 0.4) is 0 Å². The van der Waals surface area contributed by atoms with Crippen molar-refractivity contribution in [2.24, 2.45) is 0 Å². The first-order chi connectivity index (χ1) is 8.26. The fraction of sp³-hybridized carbons (Fsp3) is 0.500. The van der Waals surface area contributed by atoms with Gasteiger partial charge in [0, 0.05) is 6.20 Å². The fourth-order valence-corrected chi connectivity index (χ4v) is 1.33. The van der Waals surface area contributed by atoms with Gasteiger partial charge in [0.2, 0.25) is 0 Å². The number of esters is 1. The summed E-state index contributed by atoms with van der Waals surface area (Å²) in [5, 5.41) is 0. The Kier molecular flexibility index (Phi) is 4.00. The predicted molar refractivity (Wildman–Crippen MR) is 66.4 cm³/mol. The summed E-state index contributed by atoms with van der Waals surface area (Å²) in [4.78, 5) is 23.6. The third-order valence-electron chi connectivity index (χ3n) is 1.98. The van der Waals surface area contributed by atoms with Crippen LogP contribution in [-0.2, 0) is 9.47 Å². The molecule has 0 aromatic carbocycles. The molecule has 0 radical (unpaired) electrons.